The van der Waals surface area contributed by atoms with Crippen LogP contribution in [0.25, 0.3) is 0 Å². The van der Waals surface area contributed by atoms with Crippen LogP contribution < -0.4 is 0 Å². The second-order valence-electron chi connectivity index (χ2n) is 3.92. The van der Waals surface area contributed by atoms with Crippen molar-refractivity contribution in [2.75, 3.05) is 0 Å². The molecule has 0 aliphatic heterocycles. The maximum atomic E-state index is 9.64. The third kappa shape index (κ3) is 0.971. The van der Waals surface area contributed by atoms with Crippen molar-refractivity contribution >= 4 is 0 Å². The zero-order valence-corrected chi connectivity index (χ0v) is 6.90. The molecule has 0 aromatic rings. The van der Waals surface area contributed by atoms with Crippen LogP contribution in [0.15, 0.2) is 12.2 Å². The zero-order valence-electron chi connectivity index (χ0n) is 6.90. The van der Waals surface area contributed by atoms with Crippen molar-refractivity contribution in [3.8, 4) is 6.07 Å². The van der Waals surface area contributed by atoms with Gasteiger partial charge in [-0.1, -0.05) is 12.2 Å². The number of nitriles is 1. The van der Waals surface area contributed by atoms with Crippen LogP contribution >= 0.6 is 0 Å². The molecule has 0 heterocycles. The molecular weight excluding hydrogens is 150 g/mol. The van der Waals surface area contributed by atoms with Crippen molar-refractivity contribution in [3.05, 3.63) is 19.1 Å². The summed E-state index contributed by atoms with van der Waals surface area (Å²) in [5, 5.41) is 18.3. The first-order valence-corrected chi connectivity index (χ1v) is 4.31. The van der Waals surface area contributed by atoms with E-state index in [1.807, 2.05) is 6.07 Å². The fourth-order valence-corrected chi connectivity index (χ4v) is 2.41. The van der Waals surface area contributed by atoms with Gasteiger partial charge in [-0.15, -0.1) is 0 Å². The van der Waals surface area contributed by atoms with Crippen molar-refractivity contribution in [2.45, 2.75) is 18.4 Å². The SMILES string of the molecule is [CH2]C(O)(C#N)C1CC2C=CC1C2. The minimum absolute atomic E-state index is 0.0532. The zero-order chi connectivity index (χ0) is 8.77. The molecule has 1 radical (unpaired) electrons. The van der Waals surface area contributed by atoms with E-state index >= 15 is 0 Å². The first kappa shape index (κ1) is 7.82. The molecular formula is C10H12NO. The van der Waals surface area contributed by atoms with E-state index in [0.717, 1.165) is 12.8 Å². The van der Waals surface area contributed by atoms with Crippen LogP contribution in [-0.2, 0) is 0 Å². The van der Waals surface area contributed by atoms with Crippen LogP contribution in [0.3, 0.4) is 0 Å². The lowest BCUT2D eigenvalue weighted by Gasteiger charge is -2.27. The molecule has 2 aliphatic rings. The van der Waals surface area contributed by atoms with Gasteiger partial charge in [0.2, 0.25) is 0 Å². The molecule has 0 spiro atoms. The number of nitrogens with zero attached hydrogens (tertiary/aromatic N) is 1. The van der Waals surface area contributed by atoms with Gasteiger partial charge in [0.15, 0.2) is 5.60 Å². The van der Waals surface area contributed by atoms with E-state index in [-0.39, 0.29) is 5.92 Å². The highest BCUT2D eigenvalue weighted by atomic mass is 16.3. The first-order chi connectivity index (χ1) is 5.63. The van der Waals surface area contributed by atoms with Crippen molar-refractivity contribution in [3.63, 3.8) is 0 Å². The predicted octanol–water partition coefficient (Wildman–Crippen LogP) is 1.29. The molecule has 4 unspecified atom stereocenters. The molecule has 0 amide bonds. The van der Waals surface area contributed by atoms with Crippen LogP contribution in [0.5, 0.6) is 0 Å². The van der Waals surface area contributed by atoms with Gasteiger partial charge in [-0.25, -0.2) is 0 Å². The number of hydrogen-bond acceptors (Lipinski definition) is 2. The van der Waals surface area contributed by atoms with Gasteiger partial charge in [-0.2, -0.15) is 5.26 Å². The molecule has 63 valence electrons. The Morgan fingerprint density at radius 3 is 2.67 bits per heavy atom. The predicted molar refractivity (Wildman–Crippen MR) is 44.8 cm³/mol. The fourth-order valence-electron chi connectivity index (χ4n) is 2.41. The summed E-state index contributed by atoms with van der Waals surface area (Å²) >= 11 is 0. The molecule has 2 rings (SSSR count). The van der Waals surface area contributed by atoms with Crippen molar-refractivity contribution in [1.82, 2.24) is 0 Å². The lowest BCUT2D eigenvalue weighted by Crippen LogP contribution is -2.35. The van der Waals surface area contributed by atoms with E-state index in [1.165, 1.54) is 0 Å². The summed E-state index contributed by atoms with van der Waals surface area (Å²) in [6.07, 6.45) is 6.33. The average Bonchev–Trinajstić information content (AvgIpc) is 2.64. The summed E-state index contributed by atoms with van der Waals surface area (Å²) in [4.78, 5) is 0. The highest BCUT2D eigenvalue weighted by Crippen LogP contribution is 2.47. The van der Waals surface area contributed by atoms with Gasteiger partial charge < -0.3 is 5.11 Å². The molecule has 1 saturated carbocycles. The summed E-state index contributed by atoms with van der Waals surface area (Å²) in [5.74, 6) is 1.02. The molecule has 2 aliphatic carbocycles. The topological polar surface area (TPSA) is 44.0 Å². The van der Waals surface area contributed by atoms with Gasteiger partial charge in [0, 0.05) is 5.92 Å². The summed E-state index contributed by atoms with van der Waals surface area (Å²) in [5.41, 5.74) is -1.37. The largest absolute Gasteiger partial charge is 0.375 e. The molecule has 1 N–H and O–H groups in total. The van der Waals surface area contributed by atoms with Gasteiger partial charge in [-0.3, -0.25) is 0 Å². The van der Waals surface area contributed by atoms with E-state index < -0.39 is 5.60 Å². The van der Waals surface area contributed by atoms with Crippen LogP contribution in [0.2, 0.25) is 0 Å². The van der Waals surface area contributed by atoms with E-state index in [1.54, 1.807) is 0 Å². The van der Waals surface area contributed by atoms with Gasteiger partial charge >= 0.3 is 0 Å². The summed E-state index contributed by atoms with van der Waals surface area (Å²) in [6, 6.07) is 1.88. The first-order valence-electron chi connectivity index (χ1n) is 4.31. The lowest BCUT2D eigenvalue weighted by molar-refractivity contribution is 0.0660. The van der Waals surface area contributed by atoms with Gasteiger partial charge in [0.25, 0.3) is 0 Å². The van der Waals surface area contributed by atoms with E-state index in [0.29, 0.717) is 11.8 Å². The quantitative estimate of drug-likeness (QED) is 0.466. The Kier molecular flexibility index (Phi) is 1.52. The smallest absolute Gasteiger partial charge is 0.154 e. The minimum Gasteiger partial charge on any atom is -0.375 e. The maximum Gasteiger partial charge on any atom is 0.154 e. The Morgan fingerprint density at radius 2 is 2.25 bits per heavy atom. The molecule has 0 aromatic heterocycles. The van der Waals surface area contributed by atoms with Crippen LogP contribution in [0.1, 0.15) is 12.8 Å². The monoisotopic (exact) mass is 162 g/mol. The Morgan fingerprint density at radius 1 is 1.50 bits per heavy atom. The number of hydrogen-bond donors (Lipinski definition) is 1. The molecule has 2 bridgehead atoms. The standard InChI is InChI=1S/C10H12NO/c1-10(12,6-11)9-5-7-2-3-8(9)4-7/h2-3,7-9,12H,1,4-5H2. The van der Waals surface area contributed by atoms with E-state index in [2.05, 4.69) is 19.1 Å². The number of aliphatic hydroxyl groups is 1. The summed E-state index contributed by atoms with van der Waals surface area (Å²) < 4.78 is 0. The number of fused-ring (bicyclic) bond motifs is 2. The fraction of sp³-hybridized carbons (Fsp3) is 0.600. The molecule has 0 aromatic carbocycles. The molecule has 1 fully saturated rings. The third-order valence-electron chi connectivity index (χ3n) is 3.09. The van der Waals surface area contributed by atoms with Gasteiger partial charge in [0.1, 0.15) is 0 Å². The number of allylic oxidation sites excluding steroid dienone is 2. The highest BCUT2D eigenvalue weighted by molar-refractivity contribution is 5.19. The van der Waals surface area contributed by atoms with Gasteiger partial charge in [-0.05, 0) is 31.6 Å². The lowest BCUT2D eigenvalue weighted by atomic mass is 9.80. The second kappa shape index (κ2) is 2.34. The second-order valence-corrected chi connectivity index (χ2v) is 3.92. The van der Waals surface area contributed by atoms with Crippen molar-refractivity contribution < 1.29 is 5.11 Å². The molecule has 2 heteroatoms. The Labute approximate surface area is 72.5 Å². The van der Waals surface area contributed by atoms with E-state index in [4.69, 9.17) is 5.26 Å². The minimum atomic E-state index is -1.37. The average molecular weight is 162 g/mol. The molecule has 12 heavy (non-hydrogen) atoms. The summed E-state index contributed by atoms with van der Waals surface area (Å²) in [7, 11) is 0. The van der Waals surface area contributed by atoms with Crippen LogP contribution in [0.4, 0.5) is 0 Å². The van der Waals surface area contributed by atoms with Crippen LogP contribution in [0, 0.1) is 36.0 Å². The summed E-state index contributed by atoms with van der Waals surface area (Å²) in [6.45, 7) is 3.55. The molecule has 0 saturated heterocycles. The molecule has 4 atom stereocenters. The molecule has 2 nitrogen and oxygen atoms in total. The number of rotatable bonds is 1. The van der Waals surface area contributed by atoms with Crippen molar-refractivity contribution in [1.29, 1.82) is 5.26 Å². The maximum absolute atomic E-state index is 9.64. The Hall–Kier alpha value is -0.810. The third-order valence-corrected chi connectivity index (χ3v) is 3.09. The van der Waals surface area contributed by atoms with Crippen molar-refractivity contribution in [2.24, 2.45) is 17.8 Å². The highest BCUT2D eigenvalue weighted by Gasteiger charge is 2.45. The normalized spacial score (nSPS) is 42.6. The van der Waals surface area contributed by atoms with Crippen LogP contribution in [-0.4, -0.2) is 10.7 Å². The Bertz CT molecular complexity index is 262. The van der Waals surface area contributed by atoms with Gasteiger partial charge in [0.05, 0.1) is 6.07 Å². The van der Waals surface area contributed by atoms with E-state index in [9.17, 15) is 5.11 Å². The Balaban J connectivity index is 2.19.